The van der Waals surface area contributed by atoms with E-state index in [1.54, 1.807) is 0 Å². The number of hydrogen-bond donors (Lipinski definition) is 1. The first kappa shape index (κ1) is 12.7. The molecule has 0 aliphatic rings. The van der Waals surface area contributed by atoms with Gasteiger partial charge >= 0.3 is 0 Å². The predicted molar refractivity (Wildman–Crippen MR) is 84.0 cm³/mol. The van der Waals surface area contributed by atoms with Gasteiger partial charge in [-0.3, -0.25) is 4.40 Å². The first-order chi connectivity index (χ1) is 9.49. The summed E-state index contributed by atoms with van der Waals surface area (Å²) < 4.78 is 1.96. The highest BCUT2D eigenvalue weighted by atomic mass is 15.1. The van der Waals surface area contributed by atoms with Crippen molar-refractivity contribution in [1.82, 2.24) is 9.38 Å². The van der Waals surface area contributed by atoms with Crippen molar-refractivity contribution in [3.8, 4) is 11.3 Å². The molecule has 0 fully saturated rings. The van der Waals surface area contributed by atoms with Crippen LogP contribution in [0.2, 0.25) is 0 Å². The topological polar surface area (TPSA) is 43.3 Å². The fourth-order valence-electron chi connectivity index (χ4n) is 2.96. The van der Waals surface area contributed by atoms with E-state index in [0.717, 1.165) is 22.5 Å². The maximum absolute atomic E-state index is 6.32. The molecule has 2 heterocycles. The highest BCUT2D eigenvalue weighted by Gasteiger charge is 2.16. The molecule has 3 aromatic rings. The van der Waals surface area contributed by atoms with Crippen molar-refractivity contribution in [2.75, 3.05) is 5.73 Å². The number of hydrogen-bond acceptors (Lipinski definition) is 2. The van der Waals surface area contributed by atoms with Crippen molar-refractivity contribution < 1.29 is 0 Å². The molecule has 0 saturated carbocycles. The Morgan fingerprint density at radius 2 is 1.65 bits per heavy atom. The van der Waals surface area contributed by atoms with E-state index in [-0.39, 0.29) is 0 Å². The lowest BCUT2D eigenvalue weighted by molar-refractivity contribution is 1.17. The van der Waals surface area contributed by atoms with E-state index in [9.17, 15) is 0 Å². The van der Waals surface area contributed by atoms with Crippen molar-refractivity contribution in [3.63, 3.8) is 0 Å². The lowest BCUT2D eigenvalue weighted by Gasteiger charge is -2.09. The third kappa shape index (κ3) is 1.78. The molecule has 1 aromatic carbocycles. The van der Waals surface area contributed by atoms with E-state index in [1.165, 1.54) is 16.7 Å². The van der Waals surface area contributed by atoms with E-state index >= 15 is 0 Å². The molecule has 0 amide bonds. The number of benzene rings is 1. The Bertz CT molecular complexity index is 789. The second kappa shape index (κ2) is 4.37. The van der Waals surface area contributed by atoms with Gasteiger partial charge < -0.3 is 5.73 Å². The van der Waals surface area contributed by atoms with Gasteiger partial charge in [-0.15, -0.1) is 0 Å². The molecular weight excluding hydrogens is 246 g/mol. The summed E-state index contributed by atoms with van der Waals surface area (Å²) in [5.41, 5.74) is 14.1. The Hall–Kier alpha value is -2.29. The number of nitrogens with zero attached hydrogens (tertiary/aromatic N) is 2. The van der Waals surface area contributed by atoms with Crippen LogP contribution in [-0.4, -0.2) is 9.38 Å². The number of nitrogen functional groups attached to an aromatic ring is 1. The number of pyridine rings is 1. The van der Waals surface area contributed by atoms with E-state index in [4.69, 9.17) is 10.7 Å². The maximum Gasteiger partial charge on any atom is 0.142 e. The highest BCUT2D eigenvalue weighted by molar-refractivity contribution is 5.80. The summed E-state index contributed by atoms with van der Waals surface area (Å²) in [6, 6.07) is 8.41. The monoisotopic (exact) mass is 265 g/mol. The Labute approximate surface area is 119 Å². The lowest BCUT2D eigenvalue weighted by Crippen LogP contribution is -1.96. The largest absolute Gasteiger partial charge is 0.383 e. The normalized spacial score (nSPS) is 11.2. The van der Waals surface area contributed by atoms with Crippen LogP contribution < -0.4 is 5.73 Å². The number of rotatable bonds is 1. The molecular formula is C17H19N3. The summed E-state index contributed by atoms with van der Waals surface area (Å²) in [6.45, 7) is 8.40. The van der Waals surface area contributed by atoms with Crippen molar-refractivity contribution in [3.05, 3.63) is 52.7 Å². The zero-order chi connectivity index (χ0) is 14.4. The first-order valence-corrected chi connectivity index (χ1v) is 6.80. The summed E-state index contributed by atoms with van der Waals surface area (Å²) in [5, 5.41) is 0. The Morgan fingerprint density at radius 3 is 2.25 bits per heavy atom. The quantitative estimate of drug-likeness (QED) is 0.727. The van der Waals surface area contributed by atoms with Crippen LogP contribution in [0.4, 0.5) is 5.82 Å². The molecule has 0 saturated heterocycles. The van der Waals surface area contributed by atoms with Gasteiger partial charge in [-0.2, -0.15) is 0 Å². The molecule has 2 aromatic heterocycles. The number of nitrogens with two attached hydrogens (primary N) is 1. The number of fused-ring (bicyclic) bond motifs is 1. The Morgan fingerprint density at radius 1 is 1.00 bits per heavy atom. The van der Waals surface area contributed by atoms with Gasteiger partial charge in [0.05, 0.1) is 0 Å². The second-order valence-corrected chi connectivity index (χ2v) is 5.50. The molecule has 3 heteroatoms. The molecule has 0 aliphatic heterocycles. The minimum atomic E-state index is 0.707. The van der Waals surface area contributed by atoms with E-state index in [0.29, 0.717) is 5.82 Å². The number of imidazole rings is 1. The summed E-state index contributed by atoms with van der Waals surface area (Å²) >= 11 is 0. The van der Waals surface area contributed by atoms with Gasteiger partial charge in [0.1, 0.15) is 17.2 Å². The van der Waals surface area contributed by atoms with Gasteiger partial charge in [0.2, 0.25) is 0 Å². The summed E-state index contributed by atoms with van der Waals surface area (Å²) in [5.74, 6) is 0.707. The molecule has 102 valence electrons. The minimum absolute atomic E-state index is 0.707. The van der Waals surface area contributed by atoms with E-state index in [1.807, 2.05) is 16.7 Å². The van der Waals surface area contributed by atoms with Crippen LogP contribution in [0.15, 0.2) is 30.5 Å². The minimum Gasteiger partial charge on any atom is -0.383 e. The molecule has 3 nitrogen and oxygen atoms in total. The zero-order valence-corrected chi connectivity index (χ0v) is 12.4. The lowest BCUT2D eigenvalue weighted by atomic mass is 9.97. The molecule has 0 radical (unpaired) electrons. The smallest absolute Gasteiger partial charge is 0.142 e. The predicted octanol–water partition coefficient (Wildman–Crippen LogP) is 3.82. The third-order valence-electron chi connectivity index (χ3n) is 3.80. The SMILES string of the molecule is Cc1cc(C)c(-c2nc3c(C)cccn3c2N)c(C)c1. The van der Waals surface area contributed by atoms with Crippen LogP contribution >= 0.6 is 0 Å². The number of aryl methyl sites for hydroxylation is 4. The summed E-state index contributed by atoms with van der Waals surface area (Å²) in [4.78, 5) is 4.77. The zero-order valence-electron chi connectivity index (χ0n) is 12.4. The Balaban J connectivity index is 2.36. The van der Waals surface area contributed by atoms with Crippen molar-refractivity contribution in [2.45, 2.75) is 27.7 Å². The molecule has 0 atom stereocenters. The molecule has 0 spiro atoms. The fraction of sp³-hybridized carbons (Fsp3) is 0.235. The van der Waals surface area contributed by atoms with Crippen LogP contribution in [0.3, 0.4) is 0 Å². The van der Waals surface area contributed by atoms with Crippen LogP contribution in [0.5, 0.6) is 0 Å². The maximum atomic E-state index is 6.32. The molecule has 20 heavy (non-hydrogen) atoms. The average Bonchev–Trinajstić information content (AvgIpc) is 2.68. The average molecular weight is 265 g/mol. The van der Waals surface area contributed by atoms with Crippen molar-refractivity contribution in [1.29, 1.82) is 0 Å². The van der Waals surface area contributed by atoms with E-state index < -0.39 is 0 Å². The van der Waals surface area contributed by atoms with Crippen molar-refractivity contribution in [2.24, 2.45) is 0 Å². The third-order valence-corrected chi connectivity index (χ3v) is 3.80. The van der Waals surface area contributed by atoms with E-state index in [2.05, 4.69) is 45.9 Å². The molecule has 0 bridgehead atoms. The van der Waals surface area contributed by atoms with Gasteiger partial charge in [-0.05, 0) is 50.5 Å². The molecule has 2 N–H and O–H groups in total. The van der Waals surface area contributed by atoms with Gasteiger partial charge in [0, 0.05) is 11.8 Å². The second-order valence-electron chi connectivity index (χ2n) is 5.50. The Kier molecular flexibility index (Phi) is 2.78. The van der Waals surface area contributed by atoms with Crippen LogP contribution in [-0.2, 0) is 0 Å². The summed E-state index contributed by atoms with van der Waals surface area (Å²) in [7, 11) is 0. The van der Waals surface area contributed by atoms with Gasteiger partial charge in [0.15, 0.2) is 0 Å². The van der Waals surface area contributed by atoms with Gasteiger partial charge in [-0.1, -0.05) is 23.8 Å². The van der Waals surface area contributed by atoms with Crippen LogP contribution in [0.25, 0.3) is 16.9 Å². The highest BCUT2D eigenvalue weighted by Crippen LogP contribution is 2.33. The van der Waals surface area contributed by atoms with Crippen LogP contribution in [0.1, 0.15) is 22.3 Å². The number of anilines is 1. The summed E-state index contributed by atoms with van der Waals surface area (Å²) in [6.07, 6.45) is 1.97. The standard InChI is InChI=1S/C17H19N3/c1-10-8-12(3)14(13(4)9-10)15-16(18)20-7-5-6-11(2)17(20)19-15/h5-9H,18H2,1-4H3. The first-order valence-electron chi connectivity index (χ1n) is 6.80. The fourth-order valence-corrected chi connectivity index (χ4v) is 2.96. The van der Waals surface area contributed by atoms with Crippen molar-refractivity contribution >= 4 is 11.5 Å². The van der Waals surface area contributed by atoms with Gasteiger partial charge in [0.25, 0.3) is 0 Å². The molecule has 0 unspecified atom stereocenters. The molecule has 3 rings (SSSR count). The number of aromatic nitrogens is 2. The van der Waals surface area contributed by atoms with Crippen LogP contribution in [0, 0.1) is 27.7 Å². The van der Waals surface area contributed by atoms with Gasteiger partial charge in [-0.25, -0.2) is 4.98 Å². The molecule has 0 aliphatic carbocycles.